The Morgan fingerprint density at radius 3 is 2.77 bits per heavy atom. The van der Waals surface area contributed by atoms with Crippen molar-refractivity contribution in [3.05, 3.63) is 63.4 Å². The number of carbonyl (C=O) groups is 2. The molecule has 0 saturated carbocycles. The lowest BCUT2D eigenvalue weighted by atomic mass is 10.1. The first kappa shape index (κ1) is 21.5. The van der Waals surface area contributed by atoms with Gasteiger partial charge >= 0.3 is 0 Å². The average molecular weight is 457 g/mol. The quantitative estimate of drug-likeness (QED) is 0.484. The summed E-state index contributed by atoms with van der Waals surface area (Å²) in [6.07, 6.45) is 0.0729. The molecule has 1 atom stereocenters. The highest BCUT2D eigenvalue weighted by Crippen LogP contribution is 2.38. The lowest BCUT2D eigenvalue weighted by molar-refractivity contribution is -0.125. The Labute approximate surface area is 189 Å². The number of benzene rings is 2. The van der Waals surface area contributed by atoms with Crippen molar-refractivity contribution in [1.82, 2.24) is 4.98 Å². The molecule has 1 aromatic heterocycles. The monoisotopic (exact) mass is 456 g/mol. The van der Waals surface area contributed by atoms with Crippen LogP contribution >= 0.6 is 22.9 Å². The van der Waals surface area contributed by atoms with Crippen molar-refractivity contribution in [2.24, 2.45) is 0 Å². The minimum absolute atomic E-state index is 0.0826. The number of amides is 1. The molecule has 1 unspecified atom stereocenters. The number of ketones is 1. The maximum absolute atomic E-state index is 12.9. The van der Waals surface area contributed by atoms with E-state index in [9.17, 15) is 9.59 Å². The second-order valence-electron chi connectivity index (χ2n) is 7.17. The summed E-state index contributed by atoms with van der Waals surface area (Å²) in [6.45, 7) is 2.21. The molecular weight excluding hydrogens is 436 g/mol. The van der Waals surface area contributed by atoms with Gasteiger partial charge in [0.25, 0.3) is 5.91 Å². The number of carbonyl (C=O) groups excluding carboxylic acids is 2. The maximum Gasteiger partial charge on any atom is 0.268 e. The molecule has 2 heterocycles. The molecule has 0 spiro atoms. The summed E-state index contributed by atoms with van der Waals surface area (Å²) < 4.78 is 10.9. The van der Waals surface area contributed by atoms with Crippen LogP contribution < -0.4 is 9.64 Å². The van der Waals surface area contributed by atoms with E-state index in [4.69, 9.17) is 21.1 Å². The Kier molecular flexibility index (Phi) is 6.36. The minimum atomic E-state index is -0.670. The van der Waals surface area contributed by atoms with Crippen LogP contribution in [0.1, 0.15) is 22.3 Å². The fourth-order valence-electron chi connectivity index (χ4n) is 3.35. The van der Waals surface area contributed by atoms with Crippen LogP contribution in [0.2, 0.25) is 5.02 Å². The van der Waals surface area contributed by atoms with Crippen LogP contribution in [-0.4, -0.2) is 43.0 Å². The predicted molar refractivity (Wildman–Crippen MR) is 121 cm³/mol. The number of hydrogen-bond donors (Lipinski definition) is 0. The molecular formula is C23H21ClN2O4S. The van der Waals surface area contributed by atoms with Gasteiger partial charge in [-0.1, -0.05) is 11.6 Å². The molecule has 0 N–H and O–H groups in total. The second-order valence-corrected chi connectivity index (χ2v) is 8.55. The van der Waals surface area contributed by atoms with Gasteiger partial charge in [-0.05, 0) is 49.4 Å². The van der Waals surface area contributed by atoms with Crippen LogP contribution in [0, 0.1) is 0 Å². The van der Waals surface area contributed by atoms with E-state index < -0.39 is 6.10 Å². The number of aromatic nitrogens is 1. The number of Topliss-reactive ketones (excluding diaryl/α,β-unsaturated/α-hetero) is 1. The normalized spacial score (nSPS) is 15.5. The number of hydrogen-bond acceptors (Lipinski definition) is 6. The molecule has 8 heteroatoms. The third-order valence-electron chi connectivity index (χ3n) is 5.00. The molecule has 0 bridgehead atoms. The summed E-state index contributed by atoms with van der Waals surface area (Å²) in [6, 6.07) is 12.2. The smallest absolute Gasteiger partial charge is 0.268 e. The number of halogens is 1. The molecule has 3 aromatic rings. The molecule has 0 fully saturated rings. The summed E-state index contributed by atoms with van der Waals surface area (Å²) >= 11 is 7.48. The van der Waals surface area contributed by atoms with Gasteiger partial charge in [-0.25, -0.2) is 4.98 Å². The first-order valence-corrected chi connectivity index (χ1v) is 11.1. The number of methoxy groups -OCH3 is 1. The average Bonchev–Trinajstić information content (AvgIpc) is 3.24. The molecule has 0 aliphatic carbocycles. The zero-order valence-electron chi connectivity index (χ0n) is 17.1. The van der Waals surface area contributed by atoms with Gasteiger partial charge in [-0.15, -0.1) is 11.3 Å². The largest absolute Gasteiger partial charge is 0.479 e. The van der Waals surface area contributed by atoms with Crippen LogP contribution in [0.5, 0.6) is 5.75 Å². The van der Waals surface area contributed by atoms with Crippen LogP contribution in [-0.2, 0) is 16.0 Å². The number of nitrogens with zero attached hydrogens (tertiary/aromatic N) is 2. The fraction of sp³-hybridized carbons (Fsp3) is 0.261. The van der Waals surface area contributed by atoms with Gasteiger partial charge in [-0.2, -0.15) is 0 Å². The van der Waals surface area contributed by atoms with Gasteiger partial charge in [0.05, 0.1) is 29.5 Å². The van der Waals surface area contributed by atoms with Crippen molar-refractivity contribution in [2.75, 3.05) is 25.2 Å². The standard InChI is InChI=1S/C23H21ClN2O4S/c1-14-23(28)26(12-20(27)15-3-6-17(24)7-4-15)19-11-16(5-8-21(19)30-14)18-13-31-22(25-18)9-10-29-2/h3-8,11,13-14H,9-10,12H2,1-2H3. The molecule has 160 valence electrons. The Morgan fingerprint density at radius 2 is 2.03 bits per heavy atom. The van der Waals surface area contributed by atoms with Gasteiger partial charge in [0.1, 0.15) is 5.75 Å². The van der Waals surface area contributed by atoms with E-state index in [1.165, 1.54) is 4.90 Å². The molecule has 1 amide bonds. The second kappa shape index (κ2) is 9.18. The lowest BCUT2D eigenvalue weighted by Crippen LogP contribution is -2.46. The summed E-state index contributed by atoms with van der Waals surface area (Å²) in [7, 11) is 1.66. The van der Waals surface area contributed by atoms with E-state index in [2.05, 4.69) is 4.98 Å². The van der Waals surface area contributed by atoms with E-state index in [1.54, 1.807) is 49.6 Å². The van der Waals surface area contributed by atoms with E-state index >= 15 is 0 Å². The van der Waals surface area contributed by atoms with Crippen LogP contribution in [0.25, 0.3) is 11.3 Å². The molecule has 6 nitrogen and oxygen atoms in total. The van der Waals surface area contributed by atoms with Gasteiger partial charge in [0.2, 0.25) is 0 Å². The molecule has 1 aliphatic heterocycles. The van der Waals surface area contributed by atoms with Gasteiger partial charge in [-0.3, -0.25) is 14.5 Å². The molecule has 0 radical (unpaired) electrons. The first-order chi connectivity index (χ1) is 15.0. The fourth-order valence-corrected chi connectivity index (χ4v) is 4.26. The van der Waals surface area contributed by atoms with Crippen molar-refractivity contribution in [1.29, 1.82) is 0 Å². The van der Waals surface area contributed by atoms with Gasteiger partial charge < -0.3 is 9.47 Å². The number of thiazole rings is 1. The molecule has 4 rings (SSSR count). The predicted octanol–water partition coefficient (Wildman–Crippen LogP) is 4.65. The van der Waals surface area contributed by atoms with E-state index in [0.717, 1.165) is 22.7 Å². The number of ether oxygens (including phenoxy) is 2. The zero-order chi connectivity index (χ0) is 22.0. The highest BCUT2D eigenvalue weighted by atomic mass is 35.5. The molecule has 1 aliphatic rings. The van der Waals surface area contributed by atoms with Crippen LogP contribution in [0.15, 0.2) is 47.8 Å². The molecule has 0 saturated heterocycles. The summed E-state index contributed by atoms with van der Waals surface area (Å²) in [5.41, 5.74) is 2.73. The van der Waals surface area contributed by atoms with Crippen molar-refractivity contribution in [2.45, 2.75) is 19.4 Å². The SMILES string of the molecule is COCCc1nc(-c2ccc3c(c2)N(CC(=O)c2ccc(Cl)cc2)C(=O)C(C)O3)cs1. The Bertz CT molecular complexity index is 1110. The molecule has 2 aromatic carbocycles. The summed E-state index contributed by atoms with van der Waals surface area (Å²) in [5.74, 6) is 0.131. The Balaban J connectivity index is 1.64. The Hall–Kier alpha value is -2.74. The minimum Gasteiger partial charge on any atom is -0.479 e. The van der Waals surface area contributed by atoms with Gasteiger partial charge in [0, 0.05) is 35.1 Å². The lowest BCUT2D eigenvalue weighted by Gasteiger charge is -2.33. The highest BCUT2D eigenvalue weighted by Gasteiger charge is 2.33. The number of rotatable bonds is 7. The summed E-state index contributed by atoms with van der Waals surface area (Å²) in [4.78, 5) is 31.9. The zero-order valence-corrected chi connectivity index (χ0v) is 18.7. The summed E-state index contributed by atoms with van der Waals surface area (Å²) in [5, 5.41) is 3.50. The number of fused-ring (bicyclic) bond motifs is 1. The van der Waals surface area contributed by atoms with Crippen molar-refractivity contribution in [3.63, 3.8) is 0 Å². The number of anilines is 1. The first-order valence-electron chi connectivity index (χ1n) is 9.81. The topological polar surface area (TPSA) is 68.7 Å². The van der Waals surface area contributed by atoms with E-state index in [1.807, 2.05) is 23.6 Å². The van der Waals surface area contributed by atoms with Gasteiger partial charge in [0.15, 0.2) is 11.9 Å². The van der Waals surface area contributed by atoms with Crippen LogP contribution in [0.4, 0.5) is 5.69 Å². The maximum atomic E-state index is 12.9. The van der Waals surface area contributed by atoms with Crippen molar-refractivity contribution >= 4 is 40.3 Å². The van der Waals surface area contributed by atoms with Crippen LogP contribution in [0.3, 0.4) is 0 Å². The third-order valence-corrected chi connectivity index (χ3v) is 6.16. The van der Waals surface area contributed by atoms with Crippen molar-refractivity contribution < 1.29 is 19.1 Å². The third kappa shape index (κ3) is 4.63. The van der Waals surface area contributed by atoms with E-state index in [0.29, 0.717) is 28.6 Å². The molecule has 31 heavy (non-hydrogen) atoms. The highest BCUT2D eigenvalue weighted by molar-refractivity contribution is 7.09. The van der Waals surface area contributed by atoms with E-state index in [-0.39, 0.29) is 18.2 Å². The Morgan fingerprint density at radius 1 is 1.26 bits per heavy atom. The van der Waals surface area contributed by atoms with Crippen molar-refractivity contribution in [3.8, 4) is 17.0 Å².